The Balaban J connectivity index is 1.49. The third-order valence-corrected chi connectivity index (χ3v) is 7.68. The summed E-state index contributed by atoms with van der Waals surface area (Å²) >= 11 is 0. The topological polar surface area (TPSA) is 85.7 Å². The minimum Gasteiger partial charge on any atom is -0.466 e. The number of pyridine rings is 1. The Morgan fingerprint density at radius 1 is 1.14 bits per heavy atom. The molecular weight excluding hydrogens is 478 g/mol. The van der Waals surface area contributed by atoms with Gasteiger partial charge in [-0.05, 0) is 50.5 Å². The number of nitrogens with one attached hydrogen (secondary N) is 1. The molecule has 3 aliphatic carbocycles. The number of nitrogens with zero attached hydrogens (tertiary/aromatic N) is 4. The Labute approximate surface area is 202 Å². The molecule has 3 aliphatic rings. The van der Waals surface area contributed by atoms with Crippen molar-refractivity contribution in [3.8, 4) is 11.4 Å². The molecule has 2 bridgehead atoms. The van der Waals surface area contributed by atoms with E-state index >= 15 is 4.39 Å². The lowest BCUT2D eigenvalue weighted by atomic mass is 9.61. The number of ether oxygens (including phenoxy) is 1. The minimum absolute atomic E-state index is 0.142. The molecule has 0 radical (unpaired) electrons. The van der Waals surface area contributed by atoms with E-state index in [4.69, 9.17) is 4.74 Å². The molecule has 3 fully saturated rings. The molecule has 4 heterocycles. The number of alkyl halides is 3. The summed E-state index contributed by atoms with van der Waals surface area (Å²) in [7, 11) is 0. The second-order valence-corrected chi connectivity index (χ2v) is 9.58. The Morgan fingerprint density at radius 3 is 2.61 bits per heavy atom. The van der Waals surface area contributed by atoms with Crippen LogP contribution >= 0.6 is 0 Å². The van der Waals surface area contributed by atoms with Crippen LogP contribution in [0.3, 0.4) is 0 Å². The predicted molar refractivity (Wildman–Crippen MR) is 122 cm³/mol. The van der Waals surface area contributed by atoms with E-state index in [-0.39, 0.29) is 52.7 Å². The summed E-state index contributed by atoms with van der Waals surface area (Å²) in [5.41, 5.74) is 0.00137. The van der Waals surface area contributed by atoms with Crippen LogP contribution in [0.2, 0.25) is 0 Å². The van der Waals surface area contributed by atoms with Gasteiger partial charge in [0.1, 0.15) is 11.3 Å². The van der Waals surface area contributed by atoms with Crippen LogP contribution < -0.4 is 0 Å². The lowest BCUT2D eigenvalue weighted by Gasteiger charge is -2.47. The van der Waals surface area contributed by atoms with Crippen molar-refractivity contribution in [3.05, 3.63) is 42.2 Å². The van der Waals surface area contributed by atoms with Crippen LogP contribution in [-0.4, -0.2) is 37.1 Å². The predicted octanol–water partition coefficient (Wildman–Crippen LogP) is 5.67. The van der Waals surface area contributed by atoms with E-state index in [1.165, 1.54) is 18.6 Å². The first-order chi connectivity index (χ1) is 17.3. The van der Waals surface area contributed by atoms with Crippen molar-refractivity contribution in [1.29, 1.82) is 0 Å². The number of hydrogen-bond acceptors (Lipinski definition) is 5. The van der Waals surface area contributed by atoms with Gasteiger partial charge in [-0.15, -0.1) is 0 Å². The van der Waals surface area contributed by atoms with Crippen LogP contribution in [0.1, 0.15) is 44.2 Å². The second kappa shape index (κ2) is 8.28. The number of rotatable bonds is 4. The van der Waals surface area contributed by atoms with Crippen LogP contribution in [0.25, 0.3) is 33.5 Å². The number of aromatic nitrogens is 5. The summed E-state index contributed by atoms with van der Waals surface area (Å²) in [6, 6.07) is 0.686. The maximum absolute atomic E-state index is 15.0. The summed E-state index contributed by atoms with van der Waals surface area (Å²) in [6.45, 7) is 2.03. The first-order valence-corrected chi connectivity index (χ1v) is 12.0. The molecule has 0 saturated heterocycles. The number of carbonyl (C=O) groups excluding carboxylic acids is 1. The van der Waals surface area contributed by atoms with Gasteiger partial charge < -0.3 is 14.3 Å². The number of hydrogen-bond donors (Lipinski definition) is 1. The molecule has 0 aromatic carbocycles. The Kier molecular flexibility index (Phi) is 5.27. The molecule has 3 saturated carbocycles. The van der Waals surface area contributed by atoms with Crippen LogP contribution in [-0.2, 0) is 15.7 Å². The van der Waals surface area contributed by atoms with Crippen molar-refractivity contribution >= 4 is 28.0 Å². The SMILES string of the molecule is CCOC(=O)[C@@H]1C2CCC(CC2)[C@H]1n1cc(F)c2cnc(-c3c[nH]c4ncc(C(F)(F)F)cc34)nc21. The van der Waals surface area contributed by atoms with Crippen molar-refractivity contribution in [1.82, 2.24) is 24.5 Å². The normalized spacial score (nSPS) is 24.0. The minimum atomic E-state index is -4.55. The average Bonchev–Trinajstić information content (AvgIpc) is 3.44. The summed E-state index contributed by atoms with van der Waals surface area (Å²) in [4.78, 5) is 28.6. The molecule has 36 heavy (non-hydrogen) atoms. The lowest BCUT2D eigenvalue weighted by Crippen LogP contribution is -2.45. The molecular formula is C25H23F4N5O2. The number of carbonyl (C=O) groups is 1. The summed E-state index contributed by atoms with van der Waals surface area (Å²) < 4.78 is 62.0. The van der Waals surface area contributed by atoms with E-state index in [0.29, 0.717) is 11.2 Å². The van der Waals surface area contributed by atoms with Crippen molar-refractivity contribution in [3.63, 3.8) is 0 Å². The zero-order chi connectivity index (χ0) is 25.2. The molecule has 188 valence electrons. The van der Waals surface area contributed by atoms with Gasteiger partial charge in [0.15, 0.2) is 11.6 Å². The zero-order valence-corrected chi connectivity index (χ0v) is 19.3. The maximum Gasteiger partial charge on any atom is 0.417 e. The van der Waals surface area contributed by atoms with Gasteiger partial charge in [0.05, 0.1) is 29.5 Å². The van der Waals surface area contributed by atoms with Gasteiger partial charge in [-0.2, -0.15) is 13.2 Å². The van der Waals surface area contributed by atoms with Crippen LogP contribution in [0.5, 0.6) is 0 Å². The molecule has 0 unspecified atom stereocenters. The van der Waals surface area contributed by atoms with E-state index in [1.807, 2.05) is 0 Å². The Morgan fingerprint density at radius 2 is 1.89 bits per heavy atom. The largest absolute Gasteiger partial charge is 0.466 e. The number of esters is 1. The summed E-state index contributed by atoms with van der Waals surface area (Å²) in [5, 5.41) is 0.403. The van der Waals surface area contributed by atoms with Crippen molar-refractivity contribution in [2.24, 2.45) is 17.8 Å². The number of aromatic amines is 1. The molecule has 0 spiro atoms. The molecule has 0 aliphatic heterocycles. The van der Waals surface area contributed by atoms with Crippen LogP contribution in [0, 0.1) is 23.6 Å². The Hall–Kier alpha value is -3.50. The first-order valence-electron chi connectivity index (χ1n) is 12.0. The molecule has 1 N–H and O–H groups in total. The van der Waals surface area contributed by atoms with Gasteiger partial charge in [0, 0.05) is 35.7 Å². The summed E-state index contributed by atoms with van der Waals surface area (Å²) in [5.74, 6) is -0.734. The molecule has 4 aromatic rings. The fourth-order valence-corrected chi connectivity index (χ4v) is 6.08. The van der Waals surface area contributed by atoms with Gasteiger partial charge in [-0.1, -0.05) is 0 Å². The molecule has 7 nitrogen and oxygen atoms in total. The van der Waals surface area contributed by atoms with E-state index in [0.717, 1.165) is 37.9 Å². The van der Waals surface area contributed by atoms with Crippen LogP contribution in [0.4, 0.5) is 17.6 Å². The fraction of sp³-hybridized carbons (Fsp3) is 0.440. The maximum atomic E-state index is 15.0. The third kappa shape index (κ3) is 3.55. The fourth-order valence-electron chi connectivity index (χ4n) is 6.08. The van der Waals surface area contributed by atoms with Crippen LogP contribution in [0.15, 0.2) is 30.9 Å². The highest BCUT2D eigenvalue weighted by molar-refractivity contribution is 5.93. The van der Waals surface area contributed by atoms with E-state index in [2.05, 4.69) is 19.9 Å². The van der Waals surface area contributed by atoms with Crippen molar-refractivity contribution in [2.75, 3.05) is 6.61 Å². The molecule has 11 heteroatoms. The van der Waals surface area contributed by atoms with Gasteiger partial charge in [0.2, 0.25) is 0 Å². The molecule has 7 rings (SSSR count). The van der Waals surface area contributed by atoms with E-state index < -0.39 is 23.5 Å². The summed E-state index contributed by atoms with van der Waals surface area (Å²) in [6.07, 6.45) is 4.11. The third-order valence-electron chi connectivity index (χ3n) is 7.68. The average molecular weight is 501 g/mol. The highest BCUT2D eigenvalue weighted by Gasteiger charge is 2.49. The van der Waals surface area contributed by atoms with Gasteiger partial charge >= 0.3 is 12.1 Å². The standard InChI is InChI=1S/C25H23F4N5O2/c1-2-36-24(35)19-12-3-5-13(6-4-12)20(19)34-11-18(26)17-10-32-22(33-23(17)34)16-9-31-21-15(16)7-14(8-30-21)25(27,28)29/h7-13,19-20H,2-6H2,1H3,(H,30,31)/t12?,13?,19-,20-/m1/s1. The quantitative estimate of drug-likeness (QED) is 0.288. The molecule has 2 atom stereocenters. The lowest BCUT2D eigenvalue weighted by molar-refractivity contribution is -0.157. The zero-order valence-electron chi connectivity index (χ0n) is 19.3. The number of H-pyrrole nitrogens is 1. The second-order valence-electron chi connectivity index (χ2n) is 9.58. The highest BCUT2D eigenvalue weighted by Crippen LogP contribution is 2.52. The smallest absolute Gasteiger partial charge is 0.417 e. The first kappa shape index (κ1) is 22.9. The van der Waals surface area contributed by atoms with Crippen molar-refractivity contribution < 1.29 is 27.1 Å². The van der Waals surface area contributed by atoms with Gasteiger partial charge in [-0.3, -0.25) is 4.79 Å². The monoisotopic (exact) mass is 501 g/mol. The van der Waals surface area contributed by atoms with E-state index in [9.17, 15) is 18.0 Å². The Bertz CT molecular complexity index is 1470. The highest BCUT2D eigenvalue weighted by atomic mass is 19.4. The number of fused-ring (bicyclic) bond motifs is 5. The molecule has 4 aromatic heterocycles. The number of halogens is 4. The van der Waals surface area contributed by atoms with Crippen molar-refractivity contribution in [2.45, 2.75) is 44.8 Å². The van der Waals surface area contributed by atoms with Gasteiger partial charge in [0.25, 0.3) is 0 Å². The van der Waals surface area contributed by atoms with Gasteiger partial charge in [-0.25, -0.2) is 19.3 Å². The van der Waals surface area contributed by atoms with E-state index in [1.54, 1.807) is 11.5 Å². The molecule has 0 amide bonds.